The standard InChI is InChI=1S/C8H8S/c1-3-4-8-7(2)5-6-9-8/h4-6H,1H2,2H3. The van der Waals surface area contributed by atoms with E-state index in [0.717, 1.165) is 0 Å². The fourth-order valence-electron chi connectivity index (χ4n) is 0.625. The van der Waals surface area contributed by atoms with Gasteiger partial charge in [-0.2, -0.15) is 0 Å². The second kappa shape index (κ2) is 2.67. The van der Waals surface area contributed by atoms with Crippen molar-refractivity contribution in [2.45, 2.75) is 6.92 Å². The Morgan fingerprint density at radius 3 is 3.00 bits per heavy atom. The molecular formula is C8H8S. The van der Waals surface area contributed by atoms with Crippen LogP contribution in [0.25, 0.3) is 6.08 Å². The molecule has 1 heterocycles. The van der Waals surface area contributed by atoms with E-state index in [1.54, 1.807) is 11.3 Å². The predicted octanol–water partition coefficient (Wildman–Crippen LogP) is 2.85. The highest BCUT2D eigenvalue weighted by Gasteiger charge is 1.91. The minimum absolute atomic E-state index is 1.25. The van der Waals surface area contributed by atoms with Crippen LogP contribution < -0.4 is 0 Å². The van der Waals surface area contributed by atoms with Gasteiger partial charge in [-0.25, -0.2) is 0 Å². The lowest BCUT2D eigenvalue weighted by molar-refractivity contribution is 1.54. The van der Waals surface area contributed by atoms with Crippen LogP contribution in [0.4, 0.5) is 0 Å². The zero-order valence-corrected chi connectivity index (χ0v) is 6.16. The first-order chi connectivity index (χ1) is 4.34. The van der Waals surface area contributed by atoms with Crippen molar-refractivity contribution in [1.29, 1.82) is 0 Å². The largest absolute Gasteiger partial charge is 0.144 e. The molecule has 0 bridgehead atoms. The van der Waals surface area contributed by atoms with Crippen LogP contribution in [0.1, 0.15) is 10.4 Å². The molecule has 1 aromatic heterocycles. The molecule has 1 rings (SSSR count). The van der Waals surface area contributed by atoms with Gasteiger partial charge in [0.2, 0.25) is 0 Å². The number of aryl methyl sites for hydroxylation is 1. The van der Waals surface area contributed by atoms with Crippen molar-refractivity contribution < 1.29 is 0 Å². The molecule has 0 unspecified atom stereocenters. The van der Waals surface area contributed by atoms with Gasteiger partial charge in [-0.05, 0) is 30.0 Å². The van der Waals surface area contributed by atoms with Gasteiger partial charge in [-0.3, -0.25) is 0 Å². The molecule has 0 N–H and O–H groups in total. The van der Waals surface area contributed by atoms with Crippen molar-refractivity contribution in [1.82, 2.24) is 0 Å². The Hall–Kier alpha value is -0.780. The van der Waals surface area contributed by atoms with E-state index in [1.807, 2.05) is 6.08 Å². The van der Waals surface area contributed by atoms with Gasteiger partial charge in [-0.1, -0.05) is 6.58 Å². The third kappa shape index (κ3) is 1.32. The maximum Gasteiger partial charge on any atom is 0.0376 e. The van der Waals surface area contributed by atoms with Crippen molar-refractivity contribution in [3.05, 3.63) is 34.2 Å². The molecule has 0 nitrogen and oxygen atoms in total. The quantitative estimate of drug-likeness (QED) is 0.521. The second-order valence-corrected chi connectivity index (χ2v) is 2.76. The molecule has 0 amide bonds. The normalized spacial score (nSPS) is 8.56. The topological polar surface area (TPSA) is 0 Å². The number of hydrogen-bond donors (Lipinski definition) is 0. The highest BCUT2D eigenvalue weighted by molar-refractivity contribution is 7.11. The average molecular weight is 136 g/mol. The van der Waals surface area contributed by atoms with Crippen molar-refractivity contribution >= 4 is 17.4 Å². The Morgan fingerprint density at radius 2 is 2.56 bits per heavy atom. The fourth-order valence-corrected chi connectivity index (χ4v) is 1.45. The van der Waals surface area contributed by atoms with Gasteiger partial charge in [0.15, 0.2) is 0 Å². The summed E-state index contributed by atoms with van der Waals surface area (Å²) < 4.78 is 0. The number of thiophene rings is 1. The van der Waals surface area contributed by atoms with Crippen molar-refractivity contribution in [3.63, 3.8) is 0 Å². The van der Waals surface area contributed by atoms with E-state index in [0.29, 0.717) is 0 Å². The van der Waals surface area contributed by atoms with Gasteiger partial charge in [-0.15, -0.1) is 17.1 Å². The van der Waals surface area contributed by atoms with Gasteiger partial charge >= 0.3 is 0 Å². The lowest BCUT2D eigenvalue weighted by atomic mass is 10.3. The maximum atomic E-state index is 3.50. The van der Waals surface area contributed by atoms with E-state index >= 15 is 0 Å². The molecule has 1 heteroatoms. The molecule has 0 aromatic carbocycles. The molecule has 0 saturated carbocycles. The third-order valence-corrected chi connectivity index (χ3v) is 2.10. The zero-order valence-electron chi connectivity index (χ0n) is 5.35. The summed E-state index contributed by atoms with van der Waals surface area (Å²) in [5, 5.41) is 2.07. The lowest BCUT2D eigenvalue weighted by Gasteiger charge is -1.82. The Bertz CT molecular complexity index is 239. The third-order valence-electron chi connectivity index (χ3n) is 1.13. The van der Waals surface area contributed by atoms with Crippen LogP contribution >= 0.6 is 11.3 Å². The van der Waals surface area contributed by atoms with Crippen LogP contribution in [-0.4, -0.2) is 0 Å². The molecule has 0 aliphatic heterocycles. The van der Waals surface area contributed by atoms with Crippen LogP contribution in [0, 0.1) is 6.92 Å². The molecule has 0 saturated heterocycles. The molecule has 0 aliphatic rings. The van der Waals surface area contributed by atoms with Crippen LogP contribution in [0.3, 0.4) is 0 Å². The summed E-state index contributed by atoms with van der Waals surface area (Å²) >= 11 is 1.72. The Kier molecular flexibility index (Phi) is 1.88. The van der Waals surface area contributed by atoms with Crippen molar-refractivity contribution in [3.8, 4) is 0 Å². The molecule has 0 aliphatic carbocycles. The van der Waals surface area contributed by atoms with E-state index in [2.05, 4.69) is 30.7 Å². The van der Waals surface area contributed by atoms with Gasteiger partial charge in [0.1, 0.15) is 0 Å². The fraction of sp³-hybridized carbons (Fsp3) is 0.125. The molecule has 1 aromatic rings. The number of rotatable bonds is 1. The molecule has 9 heavy (non-hydrogen) atoms. The van der Waals surface area contributed by atoms with E-state index in [1.165, 1.54) is 10.4 Å². The van der Waals surface area contributed by atoms with E-state index < -0.39 is 0 Å². The molecule has 46 valence electrons. The highest BCUT2D eigenvalue weighted by Crippen LogP contribution is 2.15. The second-order valence-electron chi connectivity index (χ2n) is 1.82. The van der Waals surface area contributed by atoms with E-state index in [4.69, 9.17) is 0 Å². The minimum Gasteiger partial charge on any atom is -0.144 e. The summed E-state index contributed by atoms with van der Waals surface area (Å²) in [6.45, 7) is 5.59. The van der Waals surface area contributed by atoms with Crippen LogP contribution in [0.2, 0.25) is 0 Å². The Morgan fingerprint density at radius 1 is 1.78 bits per heavy atom. The zero-order chi connectivity index (χ0) is 6.69. The minimum atomic E-state index is 1.25. The van der Waals surface area contributed by atoms with Crippen LogP contribution in [0.15, 0.2) is 23.8 Å². The maximum absolute atomic E-state index is 3.50. The summed E-state index contributed by atoms with van der Waals surface area (Å²) in [5.41, 5.74) is 4.05. The SMILES string of the molecule is C=C=Cc1sccc1C. The molecule has 0 spiro atoms. The first-order valence-electron chi connectivity index (χ1n) is 2.74. The van der Waals surface area contributed by atoms with Crippen LogP contribution in [-0.2, 0) is 0 Å². The first-order valence-corrected chi connectivity index (χ1v) is 3.62. The lowest BCUT2D eigenvalue weighted by Crippen LogP contribution is -1.63. The van der Waals surface area contributed by atoms with Crippen LogP contribution in [0.5, 0.6) is 0 Å². The molecule has 0 atom stereocenters. The van der Waals surface area contributed by atoms with Gasteiger partial charge < -0.3 is 0 Å². The first kappa shape index (κ1) is 6.34. The summed E-state index contributed by atoms with van der Waals surface area (Å²) in [6, 6.07) is 2.09. The summed E-state index contributed by atoms with van der Waals surface area (Å²) in [4.78, 5) is 1.25. The van der Waals surface area contributed by atoms with Gasteiger partial charge in [0.25, 0.3) is 0 Å². The van der Waals surface area contributed by atoms with Gasteiger partial charge in [0, 0.05) is 4.88 Å². The van der Waals surface area contributed by atoms with Gasteiger partial charge in [0.05, 0.1) is 0 Å². The monoisotopic (exact) mass is 136 g/mol. The summed E-state index contributed by atoms with van der Waals surface area (Å²) in [6.07, 6.45) is 1.90. The molecular weight excluding hydrogens is 128 g/mol. The van der Waals surface area contributed by atoms with E-state index in [9.17, 15) is 0 Å². The Labute approximate surface area is 59.2 Å². The molecule has 0 radical (unpaired) electrons. The smallest absolute Gasteiger partial charge is 0.0376 e. The highest BCUT2D eigenvalue weighted by atomic mass is 32.1. The van der Waals surface area contributed by atoms with E-state index in [-0.39, 0.29) is 0 Å². The van der Waals surface area contributed by atoms with Crippen molar-refractivity contribution in [2.75, 3.05) is 0 Å². The summed E-state index contributed by atoms with van der Waals surface area (Å²) in [5.74, 6) is 0. The number of hydrogen-bond acceptors (Lipinski definition) is 1. The predicted molar refractivity (Wildman–Crippen MR) is 42.7 cm³/mol. The molecule has 0 fully saturated rings. The Balaban J connectivity index is 3.07. The summed E-state index contributed by atoms with van der Waals surface area (Å²) in [7, 11) is 0. The average Bonchev–Trinajstić information content (AvgIpc) is 2.18. The van der Waals surface area contributed by atoms with Crippen molar-refractivity contribution in [2.24, 2.45) is 0 Å².